The Hall–Kier alpha value is -3.62. The highest BCUT2D eigenvalue weighted by Crippen LogP contribution is 2.32. The molecule has 0 N–H and O–H groups in total. The van der Waals surface area contributed by atoms with Crippen molar-refractivity contribution >= 4 is 17.5 Å². The first-order valence-electron chi connectivity index (χ1n) is 13.0. The molecule has 0 radical (unpaired) electrons. The average Bonchev–Trinajstić information content (AvgIpc) is 3.24. The number of hydrogen-bond acceptors (Lipinski definition) is 5. The van der Waals surface area contributed by atoms with Crippen LogP contribution in [0.2, 0.25) is 0 Å². The second kappa shape index (κ2) is 11.4. The molecule has 8 heteroatoms. The molecule has 6 nitrogen and oxygen atoms in total. The second-order valence-corrected chi connectivity index (χ2v) is 9.71. The van der Waals surface area contributed by atoms with Gasteiger partial charge in [0.1, 0.15) is 17.4 Å². The van der Waals surface area contributed by atoms with Crippen LogP contribution in [0.3, 0.4) is 0 Å². The molecule has 2 saturated heterocycles. The van der Waals surface area contributed by atoms with Gasteiger partial charge in [-0.15, -0.1) is 0 Å². The molecule has 0 bridgehead atoms. The second-order valence-electron chi connectivity index (χ2n) is 9.71. The van der Waals surface area contributed by atoms with Crippen molar-refractivity contribution in [1.29, 1.82) is 0 Å². The van der Waals surface area contributed by atoms with Crippen LogP contribution in [0.15, 0.2) is 72.8 Å². The average molecular weight is 520 g/mol. The predicted octanol–water partition coefficient (Wildman–Crippen LogP) is 4.79. The molecule has 3 aromatic rings. The van der Waals surface area contributed by atoms with Gasteiger partial charge in [0.15, 0.2) is 0 Å². The summed E-state index contributed by atoms with van der Waals surface area (Å²) >= 11 is 0. The summed E-state index contributed by atoms with van der Waals surface area (Å²) in [5.74, 6) is -0.333. The van der Waals surface area contributed by atoms with Gasteiger partial charge in [0, 0.05) is 26.2 Å². The Morgan fingerprint density at radius 2 is 1.37 bits per heavy atom. The molecule has 5 rings (SSSR count). The summed E-state index contributed by atoms with van der Waals surface area (Å²) in [6.07, 6.45) is 1.04. The van der Waals surface area contributed by atoms with E-state index in [9.17, 15) is 18.4 Å². The lowest BCUT2D eigenvalue weighted by Gasteiger charge is -2.41. The van der Waals surface area contributed by atoms with Gasteiger partial charge in [-0.2, -0.15) is 0 Å². The number of imide groups is 1. The Morgan fingerprint density at radius 1 is 0.816 bits per heavy atom. The van der Waals surface area contributed by atoms with Crippen LogP contribution in [-0.2, 0) is 9.59 Å². The van der Waals surface area contributed by atoms with Gasteiger partial charge in [-0.25, -0.2) is 13.7 Å². The van der Waals surface area contributed by atoms with Crippen LogP contribution < -0.4 is 9.64 Å². The number of benzene rings is 3. The Balaban J connectivity index is 1.28. The van der Waals surface area contributed by atoms with E-state index >= 15 is 0 Å². The molecule has 198 valence electrons. The third-order valence-electron chi connectivity index (χ3n) is 7.22. The van der Waals surface area contributed by atoms with E-state index in [4.69, 9.17) is 4.74 Å². The molecule has 0 aromatic heterocycles. The molecule has 0 unspecified atom stereocenters. The van der Waals surface area contributed by atoms with Crippen molar-refractivity contribution in [2.75, 3.05) is 37.7 Å². The van der Waals surface area contributed by atoms with Gasteiger partial charge in [0.05, 0.1) is 30.8 Å². The fourth-order valence-corrected chi connectivity index (χ4v) is 5.30. The Bertz CT molecular complexity index is 1210. The van der Waals surface area contributed by atoms with Crippen molar-refractivity contribution in [3.8, 4) is 5.75 Å². The lowest BCUT2D eigenvalue weighted by atomic mass is 9.96. The van der Waals surface area contributed by atoms with Gasteiger partial charge >= 0.3 is 0 Å². The first-order valence-corrected chi connectivity index (χ1v) is 13.0. The molecule has 1 atom stereocenters. The molecule has 38 heavy (non-hydrogen) atoms. The number of amides is 2. The first kappa shape index (κ1) is 26.0. The fraction of sp³-hybridized carbons (Fsp3) is 0.333. The smallest absolute Gasteiger partial charge is 0.251 e. The van der Waals surface area contributed by atoms with Crippen LogP contribution >= 0.6 is 0 Å². The summed E-state index contributed by atoms with van der Waals surface area (Å²) in [7, 11) is 0. The third kappa shape index (κ3) is 5.47. The summed E-state index contributed by atoms with van der Waals surface area (Å²) in [4.78, 5) is 31.8. The maximum absolute atomic E-state index is 13.6. The summed E-state index contributed by atoms with van der Waals surface area (Å²) in [5.41, 5.74) is 2.38. The van der Waals surface area contributed by atoms with Gasteiger partial charge in [0.25, 0.3) is 5.91 Å². The maximum atomic E-state index is 13.6. The third-order valence-corrected chi connectivity index (χ3v) is 7.22. The highest BCUT2D eigenvalue weighted by atomic mass is 19.1. The predicted molar refractivity (Wildman–Crippen MR) is 141 cm³/mol. The van der Waals surface area contributed by atoms with E-state index in [0.717, 1.165) is 17.5 Å². The quantitative estimate of drug-likeness (QED) is 0.401. The van der Waals surface area contributed by atoms with Gasteiger partial charge in [-0.05, 0) is 66.1 Å². The van der Waals surface area contributed by atoms with Gasteiger partial charge < -0.3 is 4.74 Å². The minimum absolute atomic E-state index is 0.145. The molecular formula is C30H31F2N3O3. The Morgan fingerprint density at radius 3 is 1.89 bits per heavy atom. The van der Waals surface area contributed by atoms with Crippen molar-refractivity contribution in [1.82, 2.24) is 9.80 Å². The van der Waals surface area contributed by atoms with E-state index in [1.165, 1.54) is 29.2 Å². The zero-order valence-corrected chi connectivity index (χ0v) is 21.4. The van der Waals surface area contributed by atoms with Crippen LogP contribution in [0, 0.1) is 11.6 Å². The minimum atomic E-state index is -0.504. The van der Waals surface area contributed by atoms with Crippen molar-refractivity contribution in [2.45, 2.75) is 31.8 Å². The molecular weight excluding hydrogens is 488 g/mol. The molecule has 2 amide bonds. The van der Waals surface area contributed by atoms with Crippen molar-refractivity contribution in [3.05, 3.63) is 95.6 Å². The number of nitrogens with zero attached hydrogens (tertiary/aromatic N) is 3. The van der Waals surface area contributed by atoms with Crippen molar-refractivity contribution in [3.63, 3.8) is 0 Å². The van der Waals surface area contributed by atoms with E-state index in [1.54, 1.807) is 48.5 Å². The number of hydrogen-bond donors (Lipinski definition) is 0. The molecule has 0 aliphatic carbocycles. The molecule has 2 fully saturated rings. The number of carbonyl (C=O) groups excluding carboxylic acids is 2. The van der Waals surface area contributed by atoms with Crippen LogP contribution in [0.25, 0.3) is 0 Å². The summed E-state index contributed by atoms with van der Waals surface area (Å²) in [6, 6.07) is 19.1. The highest BCUT2D eigenvalue weighted by Gasteiger charge is 2.43. The molecule has 0 spiro atoms. The van der Waals surface area contributed by atoms with Gasteiger partial charge in [-0.3, -0.25) is 19.4 Å². The number of piperazine rings is 1. The van der Waals surface area contributed by atoms with E-state index in [0.29, 0.717) is 44.2 Å². The monoisotopic (exact) mass is 519 g/mol. The standard InChI is InChI=1S/C30H31F2N3O3/c1-2-19-38-26-13-11-25(12-14-26)35-28(36)20-27(30(35)37)33-15-17-34(18-16-33)29(21-3-7-23(31)8-4-21)22-5-9-24(32)10-6-22/h3-14,27,29H,2,15-20H2,1H3/t27-/m1/s1. The zero-order chi connectivity index (χ0) is 26.6. The number of ether oxygens (including phenoxy) is 1. The molecule has 2 aliphatic rings. The SMILES string of the molecule is CCCOc1ccc(N2C(=O)C[C@@H](N3CCN(C(c4ccc(F)cc4)c4ccc(F)cc4)CC3)C2=O)cc1. The Kier molecular flexibility index (Phi) is 7.81. The molecule has 3 aromatic carbocycles. The zero-order valence-electron chi connectivity index (χ0n) is 21.4. The minimum Gasteiger partial charge on any atom is -0.494 e. The number of halogens is 2. The topological polar surface area (TPSA) is 53.1 Å². The van der Waals surface area contributed by atoms with Crippen LogP contribution in [0.4, 0.5) is 14.5 Å². The molecule has 0 saturated carbocycles. The number of anilines is 1. The maximum Gasteiger partial charge on any atom is 0.251 e. The van der Waals surface area contributed by atoms with Gasteiger partial charge in [0.2, 0.25) is 5.91 Å². The first-order chi connectivity index (χ1) is 18.4. The summed E-state index contributed by atoms with van der Waals surface area (Å²) in [6.45, 7) is 5.11. The summed E-state index contributed by atoms with van der Waals surface area (Å²) in [5, 5.41) is 0. The number of rotatable bonds is 8. The van der Waals surface area contributed by atoms with Crippen LogP contribution in [0.5, 0.6) is 5.75 Å². The van der Waals surface area contributed by atoms with Crippen LogP contribution in [0.1, 0.15) is 36.9 Å². The normalized spacial score (nSPS) is 18.9. The lowest BCUT2D eigenvalue weighted by Crippen LogP contribution is -2.53. The van der Waals surface area contributed by atoms with E-state index in [2.05, 4.69) is 9.80 Å². The van der Waals surface area contributed by atoms with E-state index in [-0.39, 0.29) is 35.9 Å². The van der Waals surface area contributed by atoms with E-state index < -0.39 is 6.04 Å². The lowest BCUT2D eigenvalue weighted by molar-refractivity contribution is -0.123. The van der Waals surface area contributed by atoms with Crippen molar-refractivity contribution in [2.24, 2.45) is 0 Å². The fourth-order valence-electron chi connectivity index (χ4n) is 5.30. The largest absolute Gasteiger partial charge is 0.494 e. The number of carbonyl (C=O) groups is 2. The highest BCUT2D eigenvalue weighted by molar-refractivity contribution is 6.22. The summed E-state index contributed by atoms with van der Waals surface area (Å²) < 4.78 is 32.9. The van der Waals surface area contributed by atoms with E-state index in [1.807, 2.05) is 6.92 Å². The van der Waals surface area contributed by atoms with Crippen molar-refractivity contribution < 1.29 is 23.1 Å². The van der Waals surface area contributed by atoms with Gasteiger partial charge in [-0.1, -0.05) is 31.2 Å². The molecule has 2 heterocycles. The Labute approximate surface area is 221 Å². The molecule has 2 aliphatic heterocycles. The van der Waals surface area contributed by atoms with Crippen LogP contribution in [-0.4, -0.2) is 60.4 Å².